The van der Waals surface area contributed by atoms with Crippen molar-refractivity contribution < 1.29 is 13.2 Å². The van der Waals surface area contributed by atoms with Crippen LogP contribution in [0.2, 0.25) is 0 Å². The fraction of sp³-hybridized carbons (Fsp3) is 0.125. The summed E-state index contributed by atoms with van der Waals surface area (Å²) in [4.78, 5) is 0. The maximum Gasteiger partial charge on any atom is -0.0238 e. The zero-order valence-corrected chi connectivity index (χ0v) is 12.6. The fourth-order valence-electron chi connectivity index (χ4n) is 0.588. The Balaban J connectivity index is 0.000000292. The molecule has 0 aliphatic rings. The molecule has 0 aliphatic carbocycles. The molecule has 0 saturated heterocycles. The Morgan fingerprint density at radius 2 is 1.55 bits per heavy atom. The van der Waals surface area contributed by atoms with Crippen molar-refractivity contribution in [2.45, 2.75) is 6.92 Å². The Kier molecular flexibility index (Phi) is 8.00. The van der Waals surface area contributed by atoms with Crippen molar-refractivity contribution >= 4 is 27.2 Å². The zero-order valence-electron chi connectivity index (χ0n) is 6.48. The van der Waals surface area contributed by atoms with E-state index >= 15 is 0 Å². The van der Waals surface area contributed by atoms with E-state index in [0.29, 0.717) is 0 Å². The molecule has 0 aliphatic heterocycles. The standard InChI is InChI=1S/C8H9.2BrH.Zn/c1-7-3-5-8(2)6-4-7;;;/h3-6H,1H2,2H3;2*1H;/q;;;+2/p-2. The van der Waals surface area contributed by atoms with Gasteiger partial charge in [-0.1, -0.05) is 29.8 Å². The van der Waals surface area contributed by atoms with Gasteiger partial charge in [0, 0.05) is 0 Å². The third kappa shape index (κ3) is 7.17. The second-order valence-corrected chi connectivity index (χ2v) is 16.2. The van der Waals surface area contributed by atoms with Crippen molar-refractivity contribution in [1.29, 1.82) is 0 Å². The molecule has 0 N–H and O–H groups in total. The molecule has 0 nitrogen and oxygen atoms in total. The topological polar surface area (TPSA) is 0 Å². The van der Waals surface area contributed by atoms with E-state index in [1.54, 1.807) is 0 Å². The van der Waals surface area contributed by atoms with Gasteiger partial charge in [-0.25, -0.2) is 0 Å². The SMILES string of the molecule is [Br][Zn][Br].[CH2]c1ccc(C)cc1. The monoisotopic (exact) mass is 327 g/mol. The quantitative estimate of drug-likeness (QED) is 0.634. The molecule has 0 aromatic heterocycles. The van der Waals surface area contributed by atoms with Crippen molar-refractivity contribution in [2.24, 2.45) is 0 Å². The predicted octanol–water partition coefficient (Wildman–Crippen LogP) is 3.87. The summed E-state index contributed by atoms with van der Waals surface area (Å²) in [7, 11) is 0. The van der Waals surface area contributed by atoms with Crippen LogP contribution in [0.15, 0.2) is 24.3 Å². The van der Waals surface area contributed by atoms with Crippen LogP contribution in [0, 0.1) is 13.8 Å². The molecule has 0 unspecified atom stereocenters. The number of hydrogen-bond donors (Lipinski definition) is 0. The number of rotatable bonds is 0. The normalized spacial score (nSPS) is 7.64. The van der Waals surface area contributed by atoms with E-state index < -0.39 is 0 Å². The van der Waals surface area contributed by atoms with Gasteiger partial charge in [-0.3, -0.25) is 0 Å². The van der Waals surface area contributed by atoms with Crippen LogP contribution in [0.1, 0.15) is 11.1 Å². The minimum absolute atomic E-state index is 0.250. The second kappa shape index (κ2) is 7.45. The van der Waals surface area contributed by atoms with Gasteiger partial charge in [-0.2, -0.15) is 0 Å². The zero-order chi connectivity index (χ0) is 8.69. The van der Waals surface area contributed by atoms with Crippen LogP contribution in [0.3, 0.4) is 0 Å². The van der Waals surface area contributed by atoms with Crippen LogP contribution >= 0.6 is 27.2 Å². The molecule has 1 aromatic rings. The number of benzene rings is 1. The molecule has 0 bridgehead atoms. The summed E-state index contributed by atoms with van der Waals surface area (Å²) < 4.78 is 0. The van der Waals surface area contributed by atoms with E-state index in [9.17, 15) is 0 Å². The maximum atomic E-state index is 3.76. The van der Waals surface area contributed by atoms with E-state index in [2.05, 4.69) is 53.2 Å². The summed E-state index contributed by atoms with van der Waals surface area (Å²) in [5, 5.41) is 0. The van der Waals surface area contributed by atoms with Gasteiger partial charge >= 0.3 is 40.5 Å². The van der Waals surface area contributed by atoms with E-state index in [1.807, 2.05) is 12.1 Å². The van der Waals surface area contributed by atoms with Crippen molar-refractivity contribution in [1.82, 2.24) is 0 Å². The van der Waals surface area contributed by atoms with Crippen LogP contribution in [-0.4, -0.2) is 0 Å². The molecule has 0 fully saturated rings. The average Bonchev–Trinajstić information content (AvgIpc) is 1.97. The summed E-state index contributed by atoms with van der Waals surface area (Å²) in [5.74, 6) is 0. The van der Waals surface area contributed by atoms with Gasteiger partial charge in [0.15, 0.2) is 0 Å². The predicted molar refractivity (Wildman–Crippen MR) is 53.5 cm³/mol. The van der Waals surface area contributed by atoms with E-state index in [-0.39, 0.29) is 13.2 Å². The van der Waals surface area contributed by atoms with Gasteiger partial charge in [0.25, 0.3) is 0 Å². The Bertz CT molecular complexity index is 163. The van der Waals surface area contributed by atoms with E-state index in [1.165, 1.54) is 5.56 Å². The van der Waals surface area contributed by atoms with Gasteiger partial charge in [0.05, 0.1) is 0 Å². The molecule has 0 spiro atoms. The average molecular weight is 330 g/mol. The number of hydrogen-bond acceptors (Lipinski definition) is 0. The Morgan fingerprint density at radius 1 is 1.18 bits per heavy atom. The van der Waals surface area contributed by atoms with Crippen LogP contribution < -0.4 is 0 Å². The Morgan fingerprint density at radius 3 is 1.82 bits per heavy atom. The molecule has 11 heavy (non-hydrogen) atoms. The van der Waals surface area contributed by atoms with Crippen molar-refractivity contribution in [3.05, 3.63) is 42.3 Å². The summed E-state index contributed by atoms with van der Waals surface area (Å²) in [6, 6.07) is 8.13. The van der Waals surface area contributed by atoms with E-state index in [4.69, 9.17) is 0 Å². The fourth-order valence-corrected chi connectivity index (χ4v) is 0.588. The molecule has 0 saturated carbocycles. The summed E-state index contributed by atoms with van der Waals surface area (Å²) in [5.41, 5.74) is 2.37. The molecule has 1 aromatic carbocycles. The largest absolute Gasteiger partial charge is 0.0591 e. The van der Waals surface area contributed by atoms with Gasteiger partial charge in [0.1, 0.15) is 0 Å². The Hall–Kier alpha value is 0.803. The first-order chi connectivity index (χ1) is 5.20. The maximum absolute atomic E-state index is 3.76. The third-order valence-corrected chi connectivity index (χ3v) is 1.12. The molecule has 0 heterocycles. The molecular weight excluding hydrogens is 321 g/mol. The van der Waals surface area contributed by atoms with Crippen molar-refractivity contribution in [3.63, 3.8) is 0 Å². The molecule has 1 radical (unpaired) electrons. The smallest absolute Gasteiger partial charge is 0.0238 e. The molecule has 0 amide bonds. The minimum atomic E-state index is -0.250. The van der Waals surface area contributed by atoms with Crippen molar-refractivity contribution in [3.8, 4) is 0 Å². The van der Waals surface area contributed by atoms with Crippen LogP contribution in [-0.2, 0) is 13.2 Å². The van der Waals surface area contributed by atoms with Gasteiger partial charge in [0.2, 0.25) is 0 Å². The molecule has 0 atom stereocenters. The van der Waals surface area contributed by atoms with E-state index in [0.717, 1.165) is 5.56 Å². The molecule has 3 heteroatoms. The molecule has 1 rings (SSSR count). The van der Waals surface area contributed by atoms with Gasteiger partial charge in [-0.05, 0) is 19.4 Å². The van der Waals surface area contributed by atoms with Crippen LogP contribution in [0.4, 0.5) is 0 Å². The summed E-state index contributed by atoms with van der Waals surface area (Å²) in [6.45, 7) is 5.83. The third-order valence-electron chi connectivity index (χ3n) is 1.12. The first-order valence-corrected chi connectivity index (χ1v) is 17.1. The minimum Gasteiger partial charge on any atom is -0.0591 e. The summed E-state index contributed by atoms with van der Waals surface area (Å²) in [6.07, 6.45) is 0. The summed E-state index contributed by atoms with van der Waals surface area (Å²) >= 11 is 6.25. The van der Waals surface area contributed by atoms with Crippen LogP contribution in [0.5, 0.6) is 0 Å². The Labute approximate surface area is 89.1 Å². The van der Waals surface area contributed by atoms with Crippen LogP contribution in [0.25, 0.3) is 0 Å². The number of halogens is 2. The first kappa shape index (κ1) is 11.8. The second-order valence-electron chi connectivity index (χ2n) is 2.09. The van der Waals surface area contributed by atoms with Gasteiger partial charge < -0.3 is 0 Å². The first-order valence-electron chi connectivity index (χ1n) is 3.21. The number of aryl methyl sites for hydroxylation is 1. The molecule has 57 valence electrons. The van der Waals surface area contributed by atoms with Crippen molar-refractivity contribution in [2.75, 3.05) is 0 Å². The van der Waals surface area contributed by atoms with Gasteiger partial charge in [-0.15, -0.1) is 0 Å². The molecular formula is C8H9Br2Zn.